The molecule has 2 aromatic heterocycles. The van der Waals surface area contributed by atoms with Gasteiger partial charge < -0.3 is 0 Å². The number of nitrogens with zero attached hydrogens (tertiary/aromatic N) is 1. The van der Waals surface area contributed by atoms with Gasteiger partial charge >= 0.3 is 0 Å². The molecule has 2 heterocycles. The van der Waals surface area contributed by atoms with Gasteiger partial charge in [-0.15, -0.1) is 22.7 Å². The van der Waals surface area contributed by atoms with Gasteiger partial charge in [-0.25, -0.2) is 4.98 Å². The number of aromatic nitrogens is 1. The zero-order valence-corrected chi connectivity index (χ0v) is 12.7. The van der Waals surface area contributed by atoms with Crippen molar-refractivity contribution in [2.75, 3.05) is 0 Å². The Morgan fingerprint density at radius 1 is 1.06 bits per heavy atom. The normalized spacial score (nSPS) is 10.7. The first-order chi connectivity index (χ1) is 8.81. The van der Waals surface area contributed by atoms with E-state index in [9.17, 15) is 0 Å². The van der Waals surface area contributed by atoms with Gasteiger partial charge in [-0.05, 0) is 23.6 Å². The largest absolute Gasteiger partial charge is 0.241 e. The molecule has 0 spiro atoms. The van der Waals surface area contributed by atoms with E-state index in [0.29, 0.717) is 0 Å². The second-order valence-electron chi connectivity index (χ2n) is 3.89. The lowest BCUT2D eigenvalue weighted by atomic mass is 10.2. The first kappa shape index (κ1) is 12.1. The van der Waals surface area contributed by atoms with Gasteiger partial charge in [-0.3, -0.25) is 0 Å². The molecule has 0 radical (unpaired) electrons. The lowest BCUT2D eigenvalue weighted by molar-refractivity contribution is 1.17. The smallest absolute Gasteiger partial charge is 0.0984 e. The molecule has 18 heavy (non-hydrogen) atoms. The minimum absolute atomic E-state index is 0.943. The Bertz CT molecular complexity index is 626. The quantitative estimate of drug-likeness (QED) is 0.639. The Morgan fingerprint density at radius 3 is 2.61 bits per heavy atom. The van der Waals surface area contributed by atoms with E-state index in [-0.39, 0.29) is 0 Å². The summed E-state index contributed by atoms with van der Waals surface area (Å²) in [6, 6.07) is 12.5. The Kier molecular flexibility index (Phi) is 3.59. The molecule has 0 N–H and O–H groups in total. The average Bonchev–Trinajstić information content (AvgIpc) is 3.02. The van der Waals surface area contributed by atoms with Crippen molar-refractivity contribution in [3.05, 3.63) is 61.5 Å². The highest BCUT2D eigenvalue weighted by molar-refractivity contribution is 9.10. The summed E-state index contributed by atoms with van der Waals surface area (Å²) < 4.78 is 1.10. The van der Waals surface area contributed by atoms with Crippen LogP contribution in [0.4, 0.5) is 0 Å². The first-order valence-corrected chi connectivity index (χ1v) is 8.09. The SMILES string of the molecule is Brc1ccc(-c2csc(Cc3cccs3)n2)cc1. The van der Waals surface area contributed by atoms with Crippen molar-refractivity contribution < 1.29 is 0 Å². The molecule has 0 fully saturated rings. The molecular formula is C14H10BrNS2. The third kappa shape index (κ3) is 2.71. The highest BCUT2D eigenvalue weighted by Crippen LogP contribution is 2.25. The van der Waals surface area contributed by atoms with E-state index in [2.05, 4.69) is 51.0 Å². The number of thiophene rings is 1. The van der Waals surface area contributed by atoms with Crippen LogP contribution in [-0.2, 0) is 6.42 Å². The molecule has 0 atom stereocenters. The second-order valence-corrected chi connectivity index (χ2v) is 6.78. The van der Waals surface area contributed by atoms with E-state index in [1.807, 2.05) is 12.1 Å². The zero-order valence-electron chi connectivity index (χ0n) is 9.47. The Morgan fingerprint density at radius 2 is 1.89 bits per heavy atom. The molecule has 0 aliphatic heterocycles. The fourth-order valence-corrected chi connectivity index (χ4v) is 3.60. The molecule has 0 aliphatic carbocycles. The van der Waals surface area contributed by atoms with Gasteiger partial charge in [-0.2, -0.15) is 0 Å². The second kappa shape index (κ2) is 5.34. The summed E-state index contributed by atoms with van der Waals surface area (Å²) in [6.45, 7) is 0. The molecule has 0 saturated carbocycles. The van der Waals surface area contributed by atoms with Crippen LogP contribution in [0.15, 0.2) is 51.6 Å². The zero-order chi connectivity index (χ0) is 12.4. The fraction of sp³-hybridized carbons (Fsp3) is 0.0714. The number of hydrogen-bond acceptors (Lipinski definition) is 3. The number of halogens is 1. The van der Waals surface area contributed by atoms with Crippen molar-refractivity contribution in [1.29, 1.82) is 0 Å². The Balaban J connectivity index is 1.83. The summed E-state index contributed by atoms with van der Waals surface area (Å²) in [7, 11) is 0. The van der Waals surface area contributed by atoms with Gasteiger partial charge in [0.2, 0.25) is 0 Å². The lowest BCUT2D eigenvalue weighted by Gasteiger charge is -1.96. The van der Waals surface area contributed by atoms with Gasteiger partial charge in [0, 0.05) is 26.7 Å². The standard InChI is InChI=1S/C14H10BrNS2/c15-11-5-3-10(4-6-11)13-9-18-14(16-13)8-12-2-1-7-17-12/h1-7,9H,8H2. The summed E-state index contributed by atoms with van der Waals surface area (Å²) in [5.74, 6) is 0. The van der Waals surface area contributed by atoms with Crippen molar-refractivity contribution in [2.24, 2.45) is 0 Å². The van der Waals surface area contributed by atoms with Crippen LogP contribution < -0.4 is 0 Å². The number of thiazole rings is 1. The predicted octanol–water partition coefficient (Wildman–Crippen LogP) is 5.22. The van der Waals surface area contributed by atoms with Gasteiger partial charge in [0.15, 0.2) is 0 Å². The van der Waals surface area contributed by atoms with Crippen molar-refractivity contribution in [3.8, 4) is 11.3 Å². The van der Waals surface area contributed by atoms with Crippen LogP contribution in [0.1, 0.15) is 9.88 Å². The maximum Gasteiger partial charge on any atom is 0.0984 e. The van der Waals surface area contributed by atoms with Gasteiger partial charge in [0.25, 0.3) is 0 Å². The summed E-state index contributed by atoms with van der Waals surface area (Å²) >= 11 is 6.96. The summed E-state index contributed by atoms with van der Waals surface area (Å²) in [5, 5.41) is 5.42. The number of benzene rings is 1. The Hall–Kier alpha value is -0.970. The maximum absolute atomic E-state index is 4.69. The molecule has 0 saturated heterocycles. The molecule has 0 bridgehead atoms. The van der Waals surface area contributed by atoms with Crippen LogP contribution in [0, 0.1) is 0 Å². The van der Waals surface area contributed by atoms with Crippen LogP contribution >= 0.6 is 38.6 Å². The van der Waals surface area contributed by atoms with Crippen molar-refractivity contribution in [3.63, 3.8) is 0 Å². The number of hydrogen-bond donors (Lipinski definition) is 0. The van der Waals surface area contributed by atoms with Gasteiger partial charge in [-0.1, -0.05) is 34.1 Å². The molecule has 3 rings (SSSR count). The highest BCUT2D eigenvalue weighted by atomic mass is 79.9. The molecule has 90 valence electrons. The number of rotatable bonds is 3. The predicted molar refractivity (Wildman–Crippen MR) is 82.4 cm³/mol. The van der Waals surface area contributed by atoms with E-state index in [1.165, 1.54) is 15.4 Å². The lowest BCUT2D eigenvalue weighted by Crippen LogP contribution is -1.83. The van der Waals surface area contributed by atoms with Gasteiger partial charge in [0.05, 0.1) is 10.7 Å². The van der Waals surface area contributed by atoms with E-state index in [0.717, 1.165) is 16.6 Å². The molecule has 0 unspecified atom stereocenters. The third-order valence-corrected chi connectivity index (χ3v) is 4.85. The van der Waals surface area contributed by atoms with Crippen molar-refractivity contribution in [1.82, 2.24) is 4.98 Å². The van der Waals surface area contributed by atoms with Crippen LogP contribution in [0.25, 0.3) is 11.3 Å². The molecule has 1 nitrogen and oxygen atoms in total. The van der Waals surface area contributed by atoms with Crippen molar-refractivity contribution >= 4 is 38.6 Å². The van der Waals surface area contributed by atoms with E-state index in [4.69, 9.17) is 4.98 Å². The maximum atomic E-state index is 4.69. The molecule has 1 aromatic carbocycles. The van der Waals surface area contributed by atoms with Crippen molar-refractivity contribution in [2.45, 2.75) is 6.42 Å². The average molecular weight is 336 g/mol. The van der Waals surface area contributed by atoms with E-state index >= 15 is 0 Å². The monoisotopic (exact) mass is 335 g/mol. The summed E-state index contributed by atoms with van der Waals surface area (Å²) in [4.78, 5) is 6.06. The van der Waals surface area contributed by atoms with E-state index < -0.39 is 0 Å². The molecule has 0 amide bonds. The summed E-state index contributed by atoms with van der Waals surface area (Å²) in [6.07, 6.45) is 0.943. The summed E-state index contributed by atoms with van der Waals surface area (Å²) in [5.41, 5.74) is 2.24. The molecular weight excluding hydrogens is 326 g/mol. The van der Waals surface area contributed by atoms with Crippen LogP contribution in [0.2, 0.25) is 0 Å². The first-order valence-electron chi connectivity index (χ1n) is 5.54. The third-order valence-electron chi connectivity index (χ3n) is 2.60. The van der Waals surface area contributed by atoms with Crippen LogP contribution in [-0.4, -0.2) is 4.98 Å². The molecule has 3 aromatic rings. The Labute approximate surface area is 122 Å². The van der Waals surface area contributed by atoms with Crippen LogP contribution in [0.5, 0.6) is 0 Å². The van der Waals surface area contributed by atoms with E-state index in [1.54, 1.807) is 22.7 Å². The topological polar surface area (TPSA) is 12.9 Å². The minimum Gasteiger partial charge on any atom is -0.241 e. The molecule has 4 heteroatoms. The van der Waals surface area contributed by atoms with Crippen LogP contribution in [0.3, 0.4) is 0 Å². The highest BCUT2D eigenvalue weighted by Gasteiger charge is 2.05. The minimum atomic E-state index is 0.943. The molecule has 0 aliphatic rings. The fourth-order valence-electron chi connectivity index (χ4n) is 1.71. The van der Waals surface area contributed by atoms with Gasteiger partial charge in [0.1, 0.15) is 0 Å².